The first kappa shape index (κ1) is 17.0. The third kappa shape index (κ3) is 2.84. The van der Waals surface area contributed by atoms with Gasteiger partial charge >= 0.3 is 0 Å². The summed E-state index contributed by atoms with van der Waals surface area (Å²) in [5.74, 6) is -0.254. The quantitative estimate of drug-likeness (QED) is 0.908. The van der Waals surface area contributed by atoms with E-state index >= 15 is 0 Å². The van der Waals surface area contributed by atoms with Gasteiger partial charge in [0.05, 0.1) is 11.3 Å². The lowest BCUT2D eigenvalue weighted by Gasteiger charge is -2.23. The number of Topliss-reactive ketones (excluding diaryl/α,β-unsaturated/α-hetero) is 2. The molecule has 0 saturated carbocycles. The molecule has 1 aliphatic rings. The van der Waals surface area contributed by atoms with Crippen LogP contribution in [0.5, 0.6) is 0 Å². The molecule has 0 heterocycles. The summed E-state index contributed by atoms with van der Waals surface area (Å²) in [6.45, 7) is 6.06. The number of rotatable bonds is 5. The average Bonchev–Trinajstić information content (AvgIpc) is 2.66. The van der Waals surface area contributed by atoms with Crippen molar-refractivity contribution in [2.24, 2.45) is 0 Å². The van der Waals surface area contributed by atoms with Gasteiger partial charge in [0.15, 0.2) is 5.78 Å². The van der Waals surface area contributed by atoms with E-state index in [1.165, 1.54) is 0 Å². The minimum atomic E-state index is -0.138. The Hall–Kier alpha value is -2.88. The lowest BCUT2D eigenvalue weighted by Crippen LogP contribution is -2.28. The van der Waals surface area contributed by atoms with E-state index in [2.05, 4.69) is 24.1 Å². The summed E-state index contributed by atoms with van der Waals surface area (Å²) in [6, 6.07) is 14.8. The summed E-state index contributed by atoms with van der Waals surface area (Å²) in [5, 5.41) is 2.93. The predicted molar refractivity (Wildman–Crippen MR) is 101 cm³/mol. The number of anilines is 1. The van der Waals surface area contributed by atoms with Gasteiger partial charge in [-0.2, -0.15) is 0 Å². The number of ketones is 2. The number of nitrogens with one attached hydrogen (secondary N) is 1. The summed E-state index contributed by atoms with van der Waals surface area (Å²) in [4.78, 5) is 28.0. The highest BCUT2D eigenvalue weighted by Crippen LogP contribution is 2.32. The number of likely N-dealkylation sites (N-methyl/N-ethyl adjacent to an activating group) is 1. The molecular weight excluding hydrogens is 312 g/mol. The summed E-state index contributed by atoms with van der Waals surface area (Å²) < 4.78 is 0. The lowest BCUT2D eigenvalue weighted by molar-refractivity contribution is 0.0987. The van der Waals surface area contributed by atoms with Crippen LogP contribution in [0.3, 0.4) is 0 Å². The fourth-order valence-corrected chi connectivity index (χ4v) is 3.32. The van der Waals surface area contributed by atoms with E-state index in [0.717, 1.165) is 24.3 Å². The van der Waals surface area contributed by atoms with Crippen molar-refractivity contribution in [3.8, 4) is 0 Å². The standard InChI is InChI=1S/C21H22N2O2/c1-4-23(5-2)15-12-10-14(11-13-15)18-19(22-3)21(25)17-9-7-6-8-16(17)20(18)24/h6-13,22H,4-5H2,1-3H3. The number of carbonyl (C=O) groups is 2. The molecule has 2 aromatic rings. The number of nitrogens with zero attached hydrogens (tertiary/aromatic N) is 1. The topological polar surface area (TPSA) is 49.4 Å². The first-order valence-corrected chi connectivity index (χ1v) is 8.58. The van der Waals surface area contributed by atoms with E-state index in [-0.39, 0.29) is 11.6 Å². The second-order valence-electron chi connectivity index (χ2n) is 5.92. The summed E-state index contributed by atoms with van der Waals surface area (Å²) in [5.41, 5.74) is 3.59. The molecule has 0 radical (unpaired) electrons. The molecule has 1 aliphatic carbocycles. The highest BCUT2D eigenvalue weighted by atomic mass is 16.1. The van der Waals surface area contributed by atoms with Crippen LogP contribution in [-0.2, 0) is 0 Å². The molecule has 2 aromatic carbocycles. The normalized spacial score (nSPS) is 13.7. The van der Waals surface area contributed by atoms with Crippen molar-refractivity contribution in [3.05, 3.63) is 70.9 Å². The van der Waals surface area contributed by atoms with E-state index < -0.39 is 0 Å². The molecule has 0 unspecified atom stereocenters. The largest absolute Gasteiger partial charge is 0.384 e. The minimum Gasteiger partial charge on any atom is -0.384 e. The molecule has 0 fully saturated rings. The minimum absolute atomic E-state index is 0.116. The fraction of sp³-hybridized carbons (Fsp3) is 0.238. The molecule has 0 saturated heterocycles. The first-order chi connectivity index (χ1) is 12.1. The molecule has 4 heteroatoms. The van der Waals surface area contributed by atoms with Crippen LogP contribution >= 0.6 is 0 Å². The zero-order chi connectivity index (χ0) is 18.0. The Bertz CT molecular complexity index is 846. The van der Waals surface area contributed by atoms with E-state index in [9.17, 15) is 9.59 Å². The van der Waals surface area contributed by atoms with Crippen molar-refractivity contribution in [2.45, 2.75) is 13.8 Å². The molecule has 0 atom stereocenters. The Labute approximate surface area is 148 Å². The maximum Gasteiger partial charge on any atom is 0.210 e. The van der Waals surface area contributed by atoms with Gasteiger partial charge in [-0.05, 0) is 31.5 Å². The smallest absolute Gasteiger partial charge is 0.210 e. The van der Waals surface area contributed by atoms with Crippen molar-refractivity contribution >= 4 is 22.8 Å². The summed E-state index contributed by atoms with van der Waals surface area (Å²) in [6.07, 6.45) is 0. The second-order valence-corrected chi connectivity index (χ2v) is 5.92. The highest BCUT2D eigenvalue weighted by molar-refractivity contribution is 6.40. The maximum atomic E-state index is 13.0. The maximum absolute atomic E-state index is 13.0. The number of hydrogen-bond donors (Lipinski definition) is 1. The van der Waals surface area contributed by atoms with Crippen LogP contribution in [-0.4, -0.2) is 31.7 Å². The predicted octanol–water partition coefficient (Wildman–Crippen LogP) is 3.54. The Morgan fingerprint density at radius 2 is 1.40 bits per heavy atom. The zero-order valence-electron chi connectivity index (χ0n) is 14.8. The van der Waals surface area contributed by atoms with E-state index in [1.807, 2.05) is 24.3 Å². The molecule has 128 valence electrons. The number of fused-ring (bicyclic) bond motifs is 1. The van der Waals surface area contributed by atoms with Crippen molar-refractivity contribution in [2.75, 3.05) is 25.0 Å². The van der Waals surface area contributed by atoms with Crippen LogP contribution in [0.2, 0.25) is 0 Å². The Kier molecular flexibility index (Phi) is 4.70. The molecule has 0 amide bonds. The monoisotopic (exact) mass is 334 g/mol. The number of hydrogen-bond acceptors (Lipinski definition) is 4. The molecule has 0 spiro atoms. The Morgan fingerprint density at radius 1 is 0.840 bits per heavy atom. The fourth-order valence-electron chi connectivity index (χ4n) is 3.32. The molecular formula is C21H22N2O2. The Balaban J connectivity index is 2.09. The third-order valence-corrected chi connectivity index (χ3v) is 4.66. The Morgan fingerprint density at radius 3 is 1.92 bits per heavy atom. The van der Waals surface area contributed by atoms with Crippen molar-refractivity contribution < 1.29 is 9.59 Å². The SMILES string of the molecule is CCN(CC)c1ccc(C2=C(NC)C(=O)c3ccccc3C2=O)cc1. The van der Waals surface area contributed by atoms with Gasteiger partial charge in [0.2, 0.25) is 5.78 Å². The van der Waals surface area contributed by atoms with Gasteiger partial charge in [-0.15, -0.1) is 0 Å². The van der Waals surface area contributed by atoms with E-state index in [1.54, 1.807) is 31.3 Å². The van der Waals surface area contributed by atoms with Gasteiger partial charge in [-0.25, -0.2) is 0 Å². The van der Waals surface area contributed by atoms with Crippen molar-refractivity contribution in [1.82, 2.24) is 5.32 Å². The van der Waals surface area contributed by atoms with Gasteiger partial charge in [0.25, 0.3) is 0 Å². The average molecular weight is 334 g/mol. The lowest BCUT2D eigenvalue weighted by atomic mass is 9.84. The van der Waals surface area contributed by atoms with Crippen molar-refractivity contribution in [1.29, 1.82) is 0 Å². The van der Waals surface area contributed by atoms with Crippen LogP contribution in [0, 0.1) is 0 Å². The van der Waals surface area contributed by atoms with Gasteiger partial charge in [-0.1, -0.05) is 36.4 Å². The molecule has 1 N–H and O–H groups in total. The molecule has 3 rings (SSSR count). The number of allylic oxidation sites excluding steroid dienone is 2. The molecule has 25 heavy (non-hydrogen) atoms. The molecule has 0 bridgehead atoms. The third-order valence-electron chi connectivity index (χ3n) is 4.66. The second kappa shape index (κ2) is 6.93. The summed E-state index contributed by atoms with van der Waals surface area (Å²) >= 11 is 0. The van der Waals surface area contributed by atoms with Gasteiger partial charge in [-0.3, -0.25) is 9.59 Å². The first-order valence-electron chi connectivity index (χ1n) is 8.58. The van der Waals surface area contributed by atoms with Crippen LogP contribution in [0.1, 0.15) is 40.1 Å². The molecule has 0 aliphatic heterocycles. The van der Waals surface area contributed by atoms with E-state index in [0.29, 0.717) is 22.4 Å². The van der Waals surface area contributed by atoms with Crippen LogP contribution < -0.4 is 10.2 Å². The van der Waals surface area contributed by atoms with Crippen LogP contribution in [0.15, 0.2) is 54.2 Å². The molecule has 0 aromatic heterocycles. The number of benzene rings is 2. The van der Waals surface area contributed by atoms with Gasteiger partial charge in [0, 0.05) is 37.0 Å². The van der Waals surface area contributed by atoms with Gasteiger partial charge in [0.1, 0.15) is 0 Å². The molecule has 4 nitrogen and oxygen atoms in total. The van der Waals surface area contributed by atoms with E-state index in [4.69, 9.17) is 0 Å². The highest BCUT2D eigenvalue weighted by Gasteiger charge is 2.32. The number of carbonyl (C=O) groups excluding carboxylic acids is 2. The van der Waals surface area contributed by atoms with Crippen LogP contribution in [0.4, 0.5) is 5.69 Å². The van der Waals surface area contributed by atoms with Gasteiger partial charge < -0.3 is 10.2 Å². The zero-order valence-corrected chi connectivity index (χ0v) is 14.8. The summed E-state index contributed by atoms with van der Waals surface area (Å²) in [7, 11) is 1.68. The van der Waals surface area contributed by atoms with Crippen molar-refractivity contribution in [3.63, 3.8) is 0 Å². The van der Waals surface area contributed by atoms with Crippen LogP contribution in [0.25, 0.3) is 5.57 Å².